The van der Waals surface area contributed by atoms with Gasteiger partial charge in [0, 0.05) is 23.7 Å². The first-order valence-electron chi connectivity index (χ1n) is 9.67. The topological polar surface area (TPSA) is 75.7 Å². The first-order valence-corrected chi connectivity index (χ1v) is 11.2. The zero-order valence-corrected chi connectivity index (χ0v) is 18.1. The zero-order valence-electron chi connectivity index (χ0n) is 17.3. The van der Waals surface area contributed by atoms with E-state index in [-0.39, 0.29) is 16.8 Å². The Balaban J connectivity index is 1.76. The predicted octanol–water partition coefficient (Wildman–Crippen LogP) is 3.58. The molecule has 1 aliphatic carbocycles. The number of nitrogens with one attached hydrogen (secondary N) is 1. The lowest BCUT2D eigenvalue weighted by Gasteiger charge is -2.23. The molecule has 0 saturated heterocycles. The van der Waals surface area contributed by atoms with E-state index in [2.05, 4.69) is 4.72 Å². The van der Waals surface area contributed by atoms with Crippen LogP contribution in [0.1, 0.15) is 49.5 Å². The standard InChI is InChI=1S/C22H28N2O4S/c1-22(2,3)23-29(26,27)20-13-7-17(8-14-20)21(25)24(18-9-10-18)15-16-5-11-19(28-4)12-6-16/h5-8,11-14,18,23H,9-10,15H2,1-4H3. The van der Waals surface area contributed by atoms with Gasteiger partial charge in [-0.25, -0.2) is 13.1 Å². The summed E-state index contributed by atoms with van der Waals surface area (Å²) in [6.45, 7) is 5.87. The highest BCUT2D eigenvalue weighted by Crippen LogP contribution is 2.30. The van der Waals surface area contributed by atoms with Crippen LogP contribution in [-0.4, -0.2) is 37.9 Å². The quantitative estimate of drug-likeness (QED) is 0.749. The number of hydrogen-bond acceptors (Lipinski definition) is 4. The summed E-state index contributed by atoms with van der Waals surface area (Å²) in [5.74, 6) is 0.690. The Labute approximate surface area is 172 Å². The maximum Gasteiger partial charge on any atom is 0.254 e. The first-order chi connectivity index (χ1) is 13.6. The van der Waals surface area contributed by atoms with Crippen LogP contribution in [0.25, 0.3) is 0 Å². The molecule has 2 aromatic carbocycles. The minimum atomic E-state index is -3.63. The van der Waals surface area contributed by atoms with Gasteiger partial charge in [-0.05, 0) is 75.6 Å². The summed E-state index contributed by atoms with van der Waals surface area (Å²) in [6.07, 6.45) is 1.98. The van der Waals surface area contributed by atoms with E-state index in [9.17, 15) is 13.2 Å². The number of hydrogen-bond donors (Lipinski definition) is 1. The van der Waals surface area contributed by atoms with Crippen LogP contribution in [0.4, 0.5) is 0 Å². The van der Waals surface area contributed by atoms with Gasteiger partial charge < -0.3 is 9.64 Å². The molecule has 156 valence electrons. The number of benzene rings is 2. The van der Waals surface area contributed by atoms with Gasteiger partial charge in [0.15, 0.2) is 0 Å². The SMILES string of the molecule is COc1ccc(CN(C(=O)c2ccc(S(=O)(=O)NC(C)(C)C)cc2)C2CC2)cc1. The second-order valence-electron chi connectivity index (χ2n) is 8.39. The molecule has 2 aromatic rings. The highest BCUT2D eigenvalue weighted by Gasteiger charge is 2.33. The number of ether oxygens (including phenoxy) is 1. The van der Waals surface area contributed by atoms with Crippen molar-refractivity contribution in [1.82, 2.24) is 9.62 Å². The molecule has 3 rings (SSSR count). The van der Waals surface area contributed by atoms with Gasteiger partial charge in [-0.1, -0.05) is 12.1 Å². The number of rotatable bonds is 7. The molecule has 29 heavy (non-hydrogen) atoms. The molecule has 0 aromatic heterocycles. The van der Waals surface area contributed by atoms with E-state index >= 15 is 0 Å². The van der Waals surface area contributed by atoms with E-state index in [1.165, 1.54) is 12.1 Å². The van der Waals surface area contributed by atoms with E-state index in [0.717, 1.165) is 24.2 Å². The third-order valence-corrected chi connectivity index (χ3v) is 6.39. The van der Waals surface area contributed by atoms with E-state index in [4.69, 9.17) is 4.74 Å². The molecule has 1 amide bonds. The van der Waals surface area contributed by atoms with Crippen molar-refractivity contribution in [2.24, 2.45) is 0 Å². The van der Waals surface area contributed by atoms with Crippen molar-refractivity contribution in [1.29, 1.82) is 0 Å². The second-order valence-corrected chi connectivity index (χ2v) is 10.1. The minimum Gasteiger partial charge on any atom is -0.497 e. The third kappa shape index (κ3) is 5.58. The second kappa shape index (κ2) is 8.16. The van der Waals surface area contributed by atoms with Crippen molar-refractivity contribution in [3.05, 3.63) is 59.7 Å². The van der Waals surface area contributed by atoms with Crippen LogP contribution in [0.15, 0.2) is 53.4 Å². The van der Waals surface area contributed by atoms with Crippen LogP contribution >= 0.6 is 0 Å². The lowest BCUT2D eigenvalue weighted by molar-refractivity contribution is 0.0730. The van der Waals surface area contributed by atoms with Gasteiger partial charge in [-0.2, -0.15) is 0 Å². The summed E-state index contributed by atoms with van der Waals surface area (Å²) in [4.78, 5) is 15.1. The van der Waals surface area contributed by atoms with Gasteiger partial charge in [0.1, 0.15) is 5.75 Å². The van der Waals surface area contributed by atoms with Crippen molar-refractivity contribution in [2.75, 3.05) is 7.11 Å². The zero-order chi connectivity index (χ0) is 21.2. The van der Waals surface area contributed by atoms with Gasteiger partial charge in [0.05, 0.1) is 12.0 Å². The van der Waals surface area contributed by atoms with Crippen LogP contribution < -0.4 is 9.46 Å². The molecule has 0 heterocycles. The first kappa shape index (κ1) is 21.3. The minimum absolute atomic E-state index is 0.0870. The Morgan fingerprint density at radius 2 is 1.66 bits per heavy atom. The molecule has 0 aliphatic heterocycles. The smallest absolute Gasteiger partial charge is 0.254 e. The molecule has 0 unspecified atom stereocenters. The molecule has 0 atom stereocenters. The highest BCUT2D eigenvalue weighted by molar-refractivity contribution is 7.89. The van der Waals surface area contributed by atoms with Gasteiger partial charge in [0.2, 0.25) is 10.0 Å². The van der Waals surface area contributed by atoms with E-state index in [1.807, 2.05) is 29.2 Å². The maximum atomic E-state index is 13.1. The van der Waals surface area contributed by atoms with Gasteiger partial charge in [-0.15, -0.1) is 0 Å². The summed E-state index contributed by atoms with van der Waals surface area (Å²) in [5, 5.41) is 0. The fourth-order valence-electron chi connectivity index (χ4n) is 3.09. The van der Waals surface area contributed by atoms with Crippen molar-refractivity contribution in [3.8, 4) is 5.75 Å². The highest BCUT2D eigenvalue weighted by atomic mass is 32.2. The van der Waals surface area contributed by atoms with E-state index < -0.39 is 15.6 Å². The van der Waals surface area contributed by atoms with Crippen LogP contribution in [0.2, 0.25) is 0 Å². The molecule has 0 radical (unpaired) electrons. The van der Waals surface area contributed by atoms with Gasteiger partial charge in [0.25, 0.3) is 5.91 Å². The van der Waals surface area contributed by atoms with Gasteiger partial charge >= 0.3 is 0 Å². The lowest BCUT2D eigenvalue weighted by Crippen LogP contribution is -2.40. The molecule has 1 fully saturated rings. The average Bonchev–Trinajstić information content (AvgIpc) is 3.49. The lowest BCUT2D eigenvalue weighted by atomic mass is 10.1. The number of nitrogens with zero attached hydrogens (tertiary/aromatic N) is 1. The molecular weight excluding hydrogens is 388 g/mol. The Bertz CT molecular complexity index is 957. The summed E-state index contributed by atoms with van der Waals surface area (Å²) >= 11 is 0. The summed E-state index contributed by atoms with van der Waals surface area (Å²) in [5.41, 5.74) is 0.939. The number of methoxy groups -OCH3 is 1. The largest absolute Gasteiger partial charge is 0.497 e. The Kier molecular flexibility index (Phi) is 6.00. The molecule has 1 N–H and O–H groups in total. The summed E-state index contributed by atoms with van der Waals surface area (Å²) < 4.78 is 32.7. The molecular formula is C22H28N2O4S. The Morgan fingerprint density at radius 3 is 2.14 bits per heavy atom. The molecule has 1 saturated carbocycles. The van der Waals surface area contributed by atoms with Gasteiger partial charge in [-0.3, -0.25) is 4.79 Å². The fourth-order valence-corrected chi connectivity index (χ4v) is 4.50. The average molecular weight is 417 g/mol. The normalized spacial score (nSPS) is 14.5. The van der Waals surface area contributed by atoms with Crippen LogP contribution in [-0.2, 0) is 16.6 Å². The monoisotopic (exact) mass is 416 g/mol. The number of carbonyl (C=O) groups is 1. The van der Waals surface area contributed by atoms with Crippen molar-refractivity contribution in [2.45, 2.75) is 56.6 Å². The molecule has 0 spiro atoms. The van der Waals surface area contributed by atoms with Crippen molar-refractivity contribution in [3.63, 3.8) is 0 Å². The fraction of sp³-hybridized carbons (Fsp3) is 0.409. The molecule has 6 nitrogen and oxygen atoms in total. The third-order valence-electron chi connectivity index (χ3n) is 4.61. The molecule has 7 heteroatoms. The van der Waals surface area contributed by atoms with Crippen LogP contribution in [0.3, 0.4) is 0 Å². The van der Waals surface area contributed by atoms with Crippen LogP contribution in [0, 0.1) is 0 Å². The Hall–Kier alpha value is -2.38. The Morgan fingerprint density at radius 1 is 1.07 bits per heavy atom. The molecule has 0 bridgehead atoms. The predicted molar refractivity (Wildman–Crippen MR) is 112 cm³/mol. The van der Waals surface area contributed by atoms with Crippen molar-refractivity contribution >= 4 is 15.9 Å². The van der Waals surface area contributed by atoms with E-state index in [1.54, 1.807) is 40.0 Å². The van der Waals surface area contributed by atoms with Crippen molar-refractivity contribution < 1.29 is 17.9 Å². The van der Waals surface area contributed by atoms with E-state index in [0.29, 0.717) is 12.1 Å². The number of carbonyl (C=O) groups excluding carboxylic acids is 1. The van der Waals surface area contributed by atoms with Crippen LogP contribution in [0.5, 0.6) is 5.75 Å². The number of sulfonamides is 1. The summed E-state index contributed by atoms with van der Waals surface area (Å²) in [6, 6.07) is 14.0. The number of amides is 1. The molecule has 1 aliphatic rings. The summed E-state index contributed by atoms with van der Waals surface area (Å²) in [7, 11) is -2.01. The maximum absolute atomic E-state index is 13.1.